The van der Waals surface area contributed by atoms with E-state index in [9.17, 15) is 4.79 Å². The van der Waals surface area contributed by atoms with Crippen LogP contribution in [0.2, 0.25) is 0 Å². The van der Waals surface area contributed by atoms with Crippen LogP contribution >= 0.6 is 0 Å². The molecule has 9 nitrogen and oxygen atoms in total. The fourth-order valence-electron chi connectivity index (χ4n) is 3.31. The third-order valence-corrected chi connectivity index (χ3v) is 4.72. The Morgan fingerprint density at radius 3 is 2.79 bits per heavy atom. The fraction of sp³-hybridized carbons (Fsp3) is 0.500. The molecule has 156 valence electrons. The van der Waals surface area contributed by atoms with Gasteiger partial charge in [0.15, 0.2) is 11.5 Å². The maximum Gasteiger partial charge on any atom is 0.338 e. The zero-order chi connectivity index (χ0) is 20.8. The summed E-state index contributed by atoms with van der Waals surface area (Å²) in [5.74, 6) is 1.29. The van der Waals surface area contributed by atoms with Gasteiger partial charge >= 0.3 is 5.97 Å². The van der Waals surface area contributed by atoms with Gasteiger partial charge in [-0.25, -0.2) is 4.79 Å². The molecular weight excluding hydrogens is 374 g/mol. The van der Waals surface area contributed by atoms with Gasteiger partial charge in [0, 0.05) is 5.70 Å². The number of rotatable bonds is 9. The van der Waals surface area contributed by atoms with Crippen molar-refractivity contribution in [2.75, 3.05) is 25.6 Å². The second-order valence-electron chi connectivity index (χ2n) is 6.70. The average Bonchev–Trinajstić information content (AvgIpc) is 3.18. The SMILES string of the molecule is CCCCCOC(=O)C1=C(C)Nc2nnnn2C1c1ccc(OCC)c(OC)c1. The van der Waals surface area contributed by atoms with Gasteiger partial charge in [0.05, 0.1) is 25.9 Å². The minimum atomic E-state index is -0.537. The predicted octanol–water partition coefficient (Wildman–Crippen LogP) is 3.10. The fourth-order valence-corrected chi connectivity index (χ4v) is 3.31. The Bertz CT molecular complexity index is 893. The summed E-state index contributed by atoms with van der Waals surface area (Å²) in [4.78, 5) is 13.0. The van der Waals surface area contributed by atoms with Crippen molar-refractivity contribution in [1.29, 1.82) is 0 Å². The molecule has 9 heteroatoms. The van der Waals surface area contributed by atoms with E-state index in [4.69, 9.17) is 14.2 Å². The molecule has 0 radical (unpaired) electrons. The zero-order valence-electron chi connectivity index (χ0n) is 17.3. The minimum Gasteiger partial charge on any atom is -0.493 e. The highest BCUT2D eigenvalue weighted by Gasteiger charge is 2.35. The molecular formula is C20H27N5O4. The first-order chi connectivity index (χ1) is 14.1. The third-order valence-electron chi connectivity index (χ3n) is 4.72. The smallest absolute Gasteiger partial charge is 0.338 e. The number of unbranched alkanes of at least 4 members (excludes halogenated alkanes) is 2. The van der Waals surface area contributed by atoms with Crippen LogP contribution in [-0.2, 0) is 9.53 Å². The maximum absolute atomic E-state index is 13.0. The van der Waals surface area contributed by atoms with Crippen LogP contribution in [0, 0.1) is 0 Å². The lowest BCUT2D eigenvalue weighted by atomic mass is 9.95. The topological polar surface area (TPSA) is 100 Å². The number of carbonyl (C=O) groups is 1. The number of methoxy groups -OCH3 is 1. The van der Waals surface area contributed by atoms with E-state index in [1.165, 1.54) is 0 Å². The molecule has 1 aromatic heterocycles. The minimum absolute atomic E-state index is 0.380. The van der Waals surface area contributed by atoms with Crippen LogP contribution in [0.4, 0.5) is 5.95 Å². The largest absolute Gasteiger partial charge is 0.493 e. The molecule has 0 fully saturated rings. The Morgan fingerprint density at radius 2 is 2.07 bits per heavy atom. The van der Waals surface area contributed by atoms with Crippen LogP contribution in [-0.4, -0.2) is 46.5 Å². The van der Waals surface area contributed by atoms with Crippen molar-refractivity contribution >= 4 is 11.9 Å². The zero-order valence-corrected chi connectivity index (χ0v) is 17.3. The van der Waals surface area contributed by atoms with E-state index < -0.39 is 6.04 Å². The van der Waals surface area contributed by atoms with Crippen molar-refractivity contribution in [3.05, 3.63) is 35.0 Å². The van der Waals surface area contributed by atoms with E-state index in [1.807, 2.05) is 32.0 Å². The van der Waals surface area contributed by atoms with Gasteiger partial charge in [0.2, 0.25) is 5.95 Å². The van der Waals surface area contributed by atoms with Gasteiger partial charge in [-0.15, -0.1) is 0 Å². The first-order valence-electron chi connectivity index (χ1n) is 9.84. The van der Waals surface area contributed by atoms with Gasteiger partial charge in [0.1, 0.15) is 6.04 Å². The highest BCUT2D eigenvalue weighted by Crippen LogP contribution is 2.38. The van der Waals surface area contributed by atoms with E-state index in [-0.39, 0.29) is 5.97 Å². The molecule has 0 bridgehead atoms. The van der Waals surface area contributed by atoms with Gasteiger partial charge in [-0.3, -0.25) is 0 Å². The molecule has 1 aliphatic rings. The van der Waals surface area contributed by atoms with Crippen molar-refractivity contribution < 1.29 is 19.0 Å². The van der Waals surface area contributed by atoms with Gasteiger partial charge in [-0.05, 0) is 48.4 Å². The van der Waals surface area contributed by atoms with E-state index in [0.717, 1.165) is 24.8 Å². The number of nitrogens with zero attached hydrogens (tertiary/aromatic N) is 4. The van der Waals surface area contributed by atoms with Crippen LogP contribution < -0.4 is 14.8 Å². The molecule has 2 heterocycles. The lowest BCUT2D eigenvalue weighted by Crippen LogP contribution is -2.30. The Kier molecular flexibility index (Phi) is 6.69. The summed E-state index contributed by atoms with van der Waals surface area (Å²) in [6.07, 6.45) is 2.91. The second kappa shape index (κ2) is 9.40. The first-order valence-corrected chi connectivity index (χ1v) is 9.84. The molecule has 0 saturated carbocycles. The first kappa shape index (κ1) is 20.6. The lowest BCUT2D eigenvalue weighted by molar-refractivity contribution is -0.139. The van der Waals surface area contributed by atoms with Crippen LogP contribution in [0.3, 0.4) is 0 Å². The quantitative estimate of drug-likeness (QED) is 0.505. The summed E-state index contributed by atoms with van der Waals surface area (Å²) in [6.45, 7) is 6.74. The number of fused-ring (bicyclic) bond motifs is 1. The van der Waals surface area contributed by atoms with Crippen LogP contribution in [0.25, 0.3) is 0 Å². The molecule has 2 aromatic rings. The monoisotopic (exact) mass is 401 g/mol. The highest BCUT2D eigenvalue weighted by molar-refractivity contribution is 5.92. The van der Waals surface area contributed by atoms with Gasteiger partial charge in [-0.2, -0.15) is 4.68 Å². The Morgan fingerprint density at radius 1 is 1.24 bits per heavy atom. The summed E-state index contributed by atoms with van der Waals surface area (Å²) >= 11 is 0. The number of carbonyl (C=O) groups excluding carboxylic acids is 1. The number of esters is 1. The van der Waals surface area contributed by atoms with E-state index >= 15 is 0 Å². The Hall–Kier alpha value is -3.10. The number of anilines is 1. The van der Waals surface area contributed by atoms with E-state index in [1.54, 1.807) is 11.8 Å². The summed E-state index contributed by atoms with van der Waals surface area (Å²) < 4.78 is 18.2. The van der Waals surface area contributed by atoms with Gasteiger partial charge in [-0.1, -0.05) is 30.9 Å². The standard InChI is InChI=1S/C20H27N5O4/c1-5-7-8-11-29-19(26)17-13(3)21-20-22-23-24-25(20)18(17)14-9-10-15(28-6-2)16(12-14)27-4/h9-10,12,18H,5-8,11H2,1-4H3,(H,21,22,24). The molecule has 1 aromatic carbocycles. The number of tetrazole rings is 1. The number of hydrogen-bond donors (Lipinski definition) is 1. The molecule has 1 aliphatic heterocycles. The number of allylic oxidation sites excluding steroid dienone is 1. The molecule has 3 rings (SSSR count). The van der Waals surface area contributed by atoms with E-state index in [0.29, 0.717) is 41.9 Å². The Balaban J connectivity index is 1.98. The van der Waals surface area contributed by atoms with Gasteiger partial charge in [0.25, 0.3) is 0 Å². The summed E-state index contributed by atoms with van der Waals surface area (Å²) in [5, 5.41) is 14.9. The Labute approximate surface area is 170 Å². The summed E-state index contributed by atoms with van der Waals surface area (Å²) in [6, 6.07) is 5.00. The lowest BCUT2D eigenvalue weighted by Gasteiger charge is -2.27. The van der Waals surface area contributed by atoms with Crippen molar-refractivity contribution in [3.63, 3.8) is 0 Å². The number of hydrogen-bond acceptors (Lipinski definition) is 8. The molecule has 0 amide bonds. The molecule has 0 aliphatic carbocycles. The van der Waals surface area contributed by atoms with Crippen molar-refractivity contribution in [1.82, 2.24) is 20.2 Å². The molecule has 29 heavy (non-hydrogen) atoms. The van der Waals surface area contributed by atoms with Gasteiger partial charge < -0.3 is 19.5 Å². The third kappa shape index (κ3) is 4.33. The second-order valence-corrected chi connectivity index (χ2v) is 6.70. The average molecular weight is 401 g/mol. The summed E-state index contributed by atoms with van der Waals surface area (Å²) in [5.41, 5.74) is 1.92. The molecule has 1 unspecified atom stereocenters. The number of benzene rings is 1. The van der Waals surface area contributed by atoms with E-state index in [2.05, 4.69) is 27.8 Å². The van der Waals surface area contributed by atoms with Crippen LogP contribution in [0.15, 0.2) is 29.5 Å². The number of aromatic nitrogens is 4. The maximum atomic E-state index is 13.0. The predicted molar refractivity (Wildman–Crippen MR) is 107 cm³/mol. The van der Waals surface area contributed by atoms with Crippen molar-refractivity contribution in [2.24, 2.45) is 0 Å². The number of nitrogens with one attached hydrogen (secondary N) is 1. The number of ether oxygens (including phenoxy) is 3. The van der Waals surface area contributed by atoms with Crippen molar-refractivity contribution in [2.45, 2.75) is 46.1 Å². The molecule has 0 spiro atoms. The van der Waals surface area contributed by atoms with Crippen molar-refractivity contribution in [3.8, 4) is 11.5 Å². The summed E-state index contributed by atoms with van der Waals surface area (Å²) in [7, 11) is 1.58. The molecule has 1 atom stereocenters. The normalized spacial score (nSPS) is 15.5. The molecule has 0 saturated heterocycles. The highest BCUT2D eigenvalue weighted by atomic mass is 16.5. The van der Waals surface area contributed by atoms with Crippen LogP contribution in [0.5, 0.6) is 11.5 Å². The molecule has 1 N–H and O–H groups in total. The van der Waals surface area contributed by atoms with Crippen LogP contribution in [0.1, 0.15) is 51.6 Å².